The van der Waals surface area contributed by atoms with Crippen LogP contribution in [0.15, 0.2) is 103 Å². The zero-order valence-corrected chi connectivity index (χ0v) is 22.8. The summed E-state index contributed by atoms with van der Waals surface area (Å²) in [5.74, 6) is -0.269. The Hall–Kier alpha value is -5.64. The molecule has 0 radical (unpaired) electrons. The van der Waals surface area contributed by atoms with Crippen molar-refractivity contribution in [2.75, 3.05) is 34.9 Å². The van der Waals surface area contributed by atoms with Gasteiger partial charge in [-0.05, 0) is 96.6 Å². The summed E-state index contributed by atoms with van der Waals surface area (Å²) in [5.41, 5.74) is 4.32. The fourth-order valence-electron chi connectivity index (χ4n) is 3.87. The Morgan fingerprint density at radius 3 is 1.43 bits per heavy atom. The van der Waals surface area contributed by atoms with E-state index < -0.39 is 0 Å². The average molecular weight is 564 g/mol. The third-order valence-corrected chi connectivity index (χ3v) is 6.10. The van der Waals surface area contributed by atoms with Gasteiger partial charge in [-0.2, -0.15) is 15.0 Å². The van der Waals surface area contributed by atoms with Gasteiger partial charge in [0.25, 0.3) is 0 Å². The molecule has 0 aliphatic heterocycles. The maximum absolute atomic E-state index is 13.4. The summed E-state index contributed by atoms with van der Waals surface area (Å²) in [6.45, 7) is 0. The molecule has 0 amide bonds. The number of allylic oxidation sites excluding steroid dienone is 1. The second kappa shape index (κ2) is 12.7. The number of carbonyl (C=O) groups excluding carboxylic acids is 1. The minimum absolute atomic E-state index is 0.130. The molecule has 0 atom stereocenters. The minimum Gasteiger partial charge on any atom is -0.378 e. The normalized spacial score (nSPS) is 10.9. The number of anilines is 7. The lowest BCUT2D eigenvalue weighted by molar-refractivity contribution is 0.104. The van der Waals surface area contributed by atoms with E-state index in [4.69, 9.17) is 0 Å². The molecule has 42 heavy (non-hydrogen) atoms. The fraction of sp³-hybridized carbons (Fsp3) is 0.0625. The Labute approximate surface area is 241 Å². The van der Waals surface area contributed by atoms with E-state index in [9.17, 15) is 13.6 Å². The van der Waals surface area contributed by atoms with E-state index in [1.165, 1.54) is 24.3 Å². The fourth-order valence-corrected chi connectivity index (χ4v) is 3.87. The molecular formula is C32H27F2N7O. The van der Waals surface area contributed by atoms with Crippen LogP contribution < -0.4 is 20.9 Å². The molecule has 0 saturated carbocycles. The molecule has 0 unspecified atom stereocenters. The zero-order chi connectivity index (χ0) is 29.5. The van der Waals surface area contributed by atoms with Gasteiger partial charge < -0.3 is 20.9 Å². The topological polar surface area (TPSA) is 95.1 Å². The van der Waals surface area contributed by atoms with Crippen molar-refractivity contribution in [3.05, 3.63) is 126 Å². The van der Waals surface area contributed by atoms with Gasteiger partial charge in [0.05, 0.1) is 0 Å². The third kappa shape index (κ3) is 7.51. The van der Waals surface area contributed by atoms with Gasteiger partial charge in [0.2, 0.25) is 17.8 Å². The van der Waals surface area contributed by atoms with Crippen molar-refractivity contribution in [3.8, 4) is 0 Å². The van der Waals surface area contributed by atoms with Gasteiger partial charge in [-0.25, -0.2) is 8.78 Å². The highest BCUT2D eigenvalue weighted by Crippen LogP contribution is 2.22. The zero-order valence-electron chi connectivity index (χ0n) is 22.8. The standard InChI is InChI=1S/C32H27F2N7O/c1-41(2)28-18-3-21(4-19-28)5-20-29(42)22-6-12-25(13-7-22)35-30-38-31(36-26-14-8-23(33)9-15-26)40-32(39-30)37-27-16-10-24(34)11-17-27/h3-20H,1-2H3,(H3,35,36,37,38,39,40)/b20-5+. The largest absolute Gasteiger partial charge is 0.378 e. The van der Waals surface area contributed by atoms with E-state index in [2.05, 4.69) is 30.9 Å². The predicted molar refractivity (Wildman–Crippen MR) is 163 cm³/mol. The van der Waals surface area contributed by atoms with E-state index in [0.29, 0.717) is 22.6 Å². The van der Waals surface area contributed by atoms with Crippen molar-refractivity contribution in [2.45, 2.75) is 0 Å². The molecule has 5 rings (SSSR count). The summed E-state index contributed by atoms with van der Waals surface area (Å²) in [5, 5.41) is 9.18. The Bertz CT molecular complexity index is 1620. The highest BCUT2D eigenvalue weighted by molar-refractivity contribution is 6.07. The van der Waals surface area contributed by atoms with Crippen LogP contribution >= 0.6 is 0 Å². The van der Waals surface area contributed by atoms with Crippen molar-refractivity contribution in [3.63, 3.8) is 0 Å². The molecule has 4 aromatic carbocycles. The van der Waals surface area contributed by atoms with Crippen LogP contribution in [0.25, 0.3) is 6.08 Å². The first-order valence-corrected chi connectivity index (χ1v) is 13.0. The molecule has 10 heteroatoms. The summed E-state index contributed by atoms with van der Waals surface area (Å²) >= 11 is 0. The van der Waals surface area contributed by atoms with Crippen LogP contribution in [0.5, 0.6) is 0 Å². The number of nitrogens with zero attached hydrogens (tertiary/aromatic N) is 4. The first-order chi connectivity index (χ1) is 20.3. The van der Waals surface area contributed by atoms with Crippen molar-refractivity contribution < 1.29 is 13.6 Å². The van der Waals surface area contributed by atoms with Crippen molar-refractivity contribution >= 4 is 52.5 Å². The Morgan fingerprint density at radius 1 is 0.619 bits per heavy atom. The number of rotatable bonds is 10. The van der Waals surface area contributed by atoms with Crippen molar-refractivity contribution in [1.29, 1.82) is 0 Å². The van der Waals surface area contributed by atoms with Crippen LogP contribution in [0, 0.1) is 11.6 Å². The van der Waals surface area contributed by atoms with Gasteiger partial charge in [-0.15, -0.1) is 0 Å². The average Bonchev–Trinajstić information content (AvgIpc) is 2.99. The van der Waals surface area contributed by atoms with Crippen LogP contribution in [0.4, 0.5) is 49.4 Å². The second-order valence-corrected chi connectivity index (χ2v) is 9.46. The van der Waals surface area contributed by atoms with E-state index in [0.717, 1.165) is 11.3 Å². The van der Waals surface area contributed by atoms with E-state index in [1.807, 2.05) is 43.3 Å². The molecule has 1 heterocycles. The Morgan fingerprint density at radius 2 is 1.02 bits per heavy atom. The number of benzene rings is 4. The number of hydrogen-bond donors (Lipinski definition) is 3. The number of nitrogens with one attached hydrogen (secondary N) is 3. The molecule has 0 spiro atoms. The summed E-state index contributed by atoms with van der Waals surface area (Å²) in [6, 6.07) is 26.3. The van der Waals surface area contributed by atoms with Crippen LogP contribution in [0.3, 0.4) is 0 Å². The number of hydrogen-bond acceptors (Lipinski definition) is 8. The molecule has 5 aromatic rings. The lowest BCUT2D eigenvalue weighted by Crippen LogP contribution is -2.07. The molecule has 8 nitrogen and oxygen atoms in total. The molecule has 3 N–H and O–H groups in total. The molecule has 0 aliphatic rings. The van der Waals surface area contributed by atoms with Crippen LogP contribution in [-0.2, 0) is 0 Å². The molecular weight excluding hydrogens is 536 g/mol. The van der Waals surface area contributed by atoms with Gasteiger partial charge in [-0.3, -0.25) is 4.79 Å². The number of halogens is 2. The van der Waals surface area contributed by atoms with Crippen molar-refractivity contribution in [2.24, 2.45) is 0 Å². The first-order valence-electron chi connectivity index (χ1n) is 13.0. The molecule has 1 aromatic heterocycles. The quantitative estimate of drug-likeness (QED) is 0.120. The van der Waals surface area contributed by atoms with Gasteiger partial charge in [-0.1, -0.05) is 18.2 Å². The van der Waals surface area contributed by atoms with Gasteiger partial charge in [0.1, 0.15) is 11.6 Å². The lowest BCUT2D eigenvalue weighted by atomic mass is 10.1. The van der Waals surface area contributed by atoms with E-state index >= 15 is 0 Å². The molecule has 0 saturated heterocycles. The van der Waals surface area contributed by atoms with Crippen molar-refractivity contribution in [1.82, 2.24) is 15.0 Å². The van der Waals surface area contributed by atoms with Gasteiger partial charge in [0.15, 0.2) is 5.78 Å². The molecule has 0 aliphatic carbocycles. The maximum atomic E-state index is 13.4. The molecule has 0 bridgehead atoms. The maximum Gasteiger partial charge on any atom is 0.233 e. The predicted octanol–water partition coefficient (Wildman–Crippen LogP) is 7.34. The summed E-state index contributed by atoms with van der Waals surface area (Å²) in [7, 11) is 3.95. The van der Waals surface area contributed by atoms with Gasteiger partial charge >= 0.3 is 0 Å². The Kier molecular flexibility index (Phi) is 8.43. The van der Waals surface area contributed by atoms with Crippen LogP contribution in [0.1, 0.15) is 15.9 Å². The second-order valence-electron chi connectivity index (χ2n) is 9.46. The lowest BCUT2D eigenvalue weighted by Gasteiger charge is -2.12. The monoisotopic (exact) mass is 563 g/mol. The van der Waals surface area contributed by atoms with E-state index in [1.54, 1.807) is 60.7 Å². The highest BCUT2D eigenvalue weighted by Gasteiger charge is 2.10. The SMILES string of the molecule is CN(C)c1ccc(/C=C/C(=O)c2ccc(Nc3nc(Nc4ccc(F)cc4)nc(Nc4ccc(F)cc4)n3)cc2)cc1. The van der Waals surface area contributed by atoms with Crippen LogP contribution in [-0.4, -0.2) is 34.8 Å². The summed E-state index contributed by atoms with van der Waals surface area (Å²) in [6.07, 6.45) is 3.32. The Balaban J connectivity index is 1.32. The minimum atomic E-state index is -0.367. The first kappa shape index (κ1) is 27.9. The number of aromatic nitrogens is 3. The summed E-state index contributed by atoms with van der Waals surface area (Å²) in [4.78, 5) is 28.0. The third-order valence-electron chi connectivity index (χ3n) is 6.10. The number of ketones is 1. The van der Waals surface area contributed by atoms with Crippen LogP contribution in [0.2, 0.25) is 0 Å². The molecule has 210 valence electrons. The molecule has 0 fully saturated rings. The summed E-state index contributed by atoms with van der Waals surface area (Å²) < 4.78 is 26.7. The van der Waals surface area contributed by atoms with E-state index in [-0.39, 0.29) is 35.3 Å². The van der Waals surface area contributed by atoms with Gasteiger partial charge in [0, 0.05) is 42.4 Å². The smallest absolute Gasteiger partial charge is 0.233 e. The number of carbonyl (C=O) groups is 1. The highest BCUT2D eigenvalue weighted by atomic mass is 19.1.